The minimum atomic E-state index is -0.289. The summed E-state index contributed by atoms with van der Waals surface area (Å²) in [6, 6.07) is 20.9. The minimum Gasteiger partial charge on any atom is -0.496 e. The molecule has 0 aromatic heterocycles. The zero-order valence-corrected chi connectivity index (χ0v) is 17.1. The second-order valence-electron chi connectivity index (χ2n) is 5.87. The SMILES string of the molecule is COc1cc(OC)c(C=NNC(=O)c2ccc(-c3ccccc3)cc2)cc1Br. The van der Waals surface area contributed by atoms with E-state index in [2.05, 4.69) is 26.5 Å². The van der Waals surface area contributed by atoms with E-state index in [0.29, 0.717) is 22.6 Å². The first-order chi connectivity index (χ1) is 13.6. The Hall–Kier alpha value is -3.12. The smallest absolute Gasteiger partial charge is 0.271 e. The van der Waals surface area contributed by atoms with Gasteiger partial charge in [-0.15, -0.1) is 0 Å². The Morgan fingerprint density at radius 2 is 1.57 bits per heavy atom. The number of halogens is 1. The number of benzene rings is 3. The lowest BCUT2D eigenvalue weighted by atomic mass is 10.0. The summed E-state index contributed by atoms with van der Waals surface area (Å²) in [5.41, 5.74) is 5.92. The molecule has 1 N–H and O–H groups in total. The van der Waals surface area contributed by atoms with Gasteiger partial charge in [0.1, 0.15) is 11.5 Å². The van der Waals surface area contributed by atoms with Gasteiger partial charge in [-0.1, -0.05) is 42.5 Å². The minimum absolute atomic E-state index is 0.289. The van der Waals surface area contributed by atoms with Gasteiger partial charge in [-0.25, -0.2) is 5.43 Å². The van der Waals surface area contributed by atoms with Crippen molar-refractivity contribution >= 4 is 28.1 Å². The van der Waals surface area contributed by atoms with Crippen molar-refractivity contribution in [3.05, 3.63) is 82.3 Å². The normalized spacial score (nSPS) is 10.7. The van der Waals surface area contributed by atoms with Crippen LogP contribution < -0.4 is 14.9 Å². The number of nitrogens with zero attached hydrogens (tertiary/aromatic N) is 1. The summed E-state index contributed by atoms with van der Waals surface area (Å²) in [4.78, 5) is 12.3. The molecule has 28 heavy (non-hydrogen) atoms. The fourth-order valence-corrected chi connectivity index (χ4v) is 3.18. The highest BCUT2D eigenvalue weighted by molar-refractivity contribution is 9.10. The number of amides is 1. The molecule has 3 aromatic rings. The molecule has 0 aliphatic carbocycles. The van der Waals surface area contributed by atoms with Crippen LogP contribution in [0.2, 0.25) is 0 Å². The summed E-state index contributed by atoms with van der Waals surface area (Å²) in [5.74, 6) is 0.948. The Morgan fingerprint density at radius 3 is 2.21 bits per heavy atom. The molecule has 0 fully saturated rings. The van der Waals surface area contributed by atoms with E-state index >= 15 is 0 Å². The number of carbonyl (C=O) groups excluding carboxylic acids is 1. The molecule has 0 saturated heterocycles. The molecule has 1 amide bonds. The highest BCUT2D eigenvalue weighted by atomic mass is 79.9. The van der Waals surface area contributed by atoms with E-state index in [1.165, 1.54) is 6.21 Å². The van der Waals surface area contributed by atoms with Gasteiger partial charge in [-0.3, -0.25) is 4.79 Å². The van der Waals surface area contributed by atoms with Crippen molar-refractivity contribution in [1.29, 1.82) is 0 Å². The van der Waals surface area contributed by atoms with Crippen molar-refractivity contribution in [2.45, 2.75) is 0 Å². The molecule has 142 valence electrons. The molecule has 0 aliphatic rings. The van der Waals surface area contributed by atoms with E-state index in [-0.39, 0.29) is 5.91 Å². The summed E-state index contributed by atoms with van der Waals surface area (Å²) in [6.07, 6.45) is 1.53. The molecule has 6 heteroatoms. The van der Waals surface area contributed by atoms with E-state index in [1.807, 2.05) is 48.5 Å². The Labute approximate surface area is 172 Å². The Morgan fingerprint density at radius 1 is 0.929 bits per heavy atom. The number of ether oxygens (including phenoxy) is 2. The van der Waals surface area contributed by atoms with Gasteiger partial charge >= 0.3 is 0 Å². The van der Waals surface area contributed by atoms with Crippen molar-refractivity contribution in [1.82, 2.24) is 5.43 Å². The maximum atomic E-state index is 12.3. The first kappa shape index (κ1) is 19.6. The lowest BCUT2D eigenvalue weighted by Gasteiger charge is -2.09. The molecule has 3 rings (SSSR count). The van der Waals surface area contributed by atoms with Gasteiger partial charge in [0.2, 0.25) is 0 Å². The van der Waals surface area contributed by atoms with Crippen molar-refractivity contribution in [2.24, 2.45) is 5.10 Å². The fraction of sp³-hybridized carbons (Fsp3) is 0.0909. The van der Waals surface area contributed by atoms with Crippen LogP contribution in [0.25, 0.3) is 11.1 Å². The van der Waals surface area contributed by atoms with E-state index in [0.717, 1.165) is 15.6 Å². The van der Waals surface area contributed by atoms with Gasteiger partial charge in [0.05, 0.1) is 24.9 Å². The van der Waals surface area contributed by atoms with Gasteiger partial charge < -0.3 is 9.47 Å². The number of rotatable bonds is 6. The second-order valence-corrected chi connectivity index (χ2v) is 6.73. The Kier molecular flexibility index (Phi) is 6.45. The van der Waals surface area contributed by atoms with Crippen LogP contribution in [0.5, 0.6) is 11.5 Å². The maximum absolute atomic E-state index is 12.3. The monoisotopic (exact) mass is 438 g/mol. The zero-order valence-electron chi connectivity index (χ0n) is 15.5. The summed E-state index contributed by atoms with van der Waals surface area (Å²) in [7, 11) is 3.14. The van der Waals surface area contributed by atoms with Crippen LogP contribution in [-0.4, -0.2) is 26.3 Å². The van der Waals surface area contributed by atoms with E-state index in [1.54, 1.807) is 32.4 Å². The first-order valence-corrected chi connectivity index (χ1v) is 9.32. The molecule has 0 unspecified atom stereocenters. The van der Waals surface area contributed by atoms with Gasteiger partial charge in [0, 0.05) is 17.2 Å². The van der Waals surface area contributed by atoms with Crippen LogP contribution >= 0.6 is 15.9 Å². The van der Waals surface area contributed by atoms with Crippen LogP contribution in [-0.2, 0) is 0 Å². The lowest BCUT2D eigenvalue weighted by Crippen LogP contribution is -2.17. The van der Waals surface area contributed by atoms with Crippen LogP contribution in [0.4, 0.5) is 0 Å². The molecule has 5 nitrogen and oxygen atoms in total. The van der Waals surface area contributed by atoms with Gasteiger partial charge in [0.15, 0.2) is 0 Å². The number of methoxy groups -OCH3 is 2. The molecule has 0 heterocycles. The van der Waals surface area contributed by atoms with Gasteiger partial charge in [0.25, 0.3) is 5.91 Å². The topological polar surface area (TPSA) is 59.9 Å². The summed E-state index contributed by atoms with van der Waals surface area (Å²) < 4.78 is 11.3. The van der Waals surface area contributed by atoms with Crippen LogP contribution in [0.15, 0.2) is 76.3 Å². The average molecular weight is 439 g/mol. The first-order valence-electron chi connectivity index (χ1n) is 8.53. The summed E-state index contributed by atoms with van der Waals surface area (Å²) >= 11 is 3.42. The Balaban J connectivity index is 1.69. The largest absolute Gasteiger partial charge is 0.496 e. The van der Waals surface area contributed by atoms with Crippen LogP contribution in [0.3, 0.4) is 0 Å². The zero-order chi connectivity index (χ0) is 19.9. The van der Waals surface area contributed by atoms with Crippen molar-refractivity contribution in [3.8, 4) is 22.6 Å². The molecule has 0 atom stereocenters. The highest BCUT2D eigenvalue weighted by Crippen LogP contribution is 2.31. The molecule has 0 spiro atoms. The summed E-state index contributed by atoms with van der Waals surface area (Å²) in [6.45, 7) is 0. The number of carbonyl (C=O) groups is 1. The number of hydrazone groups is 1. The van der Waals surface area contributed by atoms with Crippen molar-refractivity contribution in [2.75, 3.05) is 14.2 Å². The van der Waals surface area contributed by atoms with E-state index < -0.39 is 0 Å². The number of hydrogen-bond acceptors (Lipinski definition) is 4. The molecule has 0 aliphatic heterocycles. The molecular formula is C22H19BrN2O3. The van der Waals surface area contributed by atoms with E-state index in [4.69, 9.17) is 9.47 Å². The number of nitrogens with one attached hydrogen (secondary N) is 1. The third kappa shape index (κ3) is 4.58. The van der Waals surface area contributed by atoms with Gasteiger partial charge in [-0.05, 0) is 45.3 Å². The molecule has 0 bridgehead atoms. The van der Waals surface area contributed by atoms with Crippen LogP contribution in [0, 0.1) is 0 Å². The quantitative estimate of drug-likeness (QED) is 0.439. The van der Waals surface area contributed by atoms with E-state index in [9.17, 15) is 4.79 Å². The van der Waals surface area contributed by atoms with Gasteiger partial charge in [-0.2, -0.15) is 5.10 Å². The standard InChI is InChI=1S/C22H19BrN2O3/c1-27-20-13-21(28-2)19(23)12-18(20)14-24-25-22(26)17-10-8-16(9-11-17)15-6-4-3-5-7-15/h3-14H,1-2H3,(H,25,26). The molecule has 3 aromatic carbocycles. The van der Waals surface area contributed by atoms with Crippen molar-refractivity contribution in [3.63, 3.8) is 0 Å². The second kappa shape index (κ2) is 9.19. The molecular weight excluding hydrogens is 420 g/mol. The molecule has 0 radical (unpaired) electrons. The fourth-order valence-electron chi connectivity index (χ4n) is 2.65. The average Bonchev–Trinajstić information content (AvgIpc) is 2.74. The maximum Gasteiger partial charge on any atom is 0.271 e. The van der Waals surface area contributed by atoms with Crippen molar-refractivity contribution < 1.29 is 14.3 Å². The molecule has 0 saturated carbocycles. The predicted octanol–water partition coefficient (Wildman–Crippen LogP) is 4.90. The number of hydrogen-bond donors (Lipinski definition) is 1. The third-order valence-corrected chi connectivity index (χ3v) is 4.75. The Bertz CT molecular complexity index is 987. The van der Waals surface area contributed by atoms with Crippen LogP contribution in [0.1, 0.15) is 15.9 Å². The third-order valence-electron chi connectivity index (χ3n) is 4.13. The highest BCUT2D eigenvalue weighted by Gasteiger charge is 2.09. The lowest BCUT2D eigenvalue weighted by molar-refractivity contribution is 0.0955. The summed E-state index contributed by atoms with van der Waals surface area (Å²) in [5, 5.41) is 4.04. The predicted molar refractivity (Wildman–Crippen MR) is 114 cm³/mol.